The van der Waals surface area contributed by atoms with Gasteiger partial charge in [0.25, 0.3) is 0 Å². The molecule has 0 saturated carbocycles. The zero-order valence-corrected chi connectivity index (χ0v) is 19.8. The molecule has 1 fully saturated rings. The number of phenolic OH excluding ortho intramolecular Hbond substituents is 1. The van der Waals surface area contributed by atoms with Gasteiger partial charge >= 0.3 is 0 Å². The van der Waals surface area contributed by atoms with Crippen molar-refractivity contribution >= 4 is 47.2 Å². The van der Waals surface area contributed by atoms with Crippen LogP contribution in [0.25, 0.3) is 0 Å². The first kappa shape index (κ1) is 24.7. The number of anilines is 2. The minimum atomic E-state index is -0.237. The summed E-state index contributed by atoms with van der Waals surface area (Å²) in [5.41, 5.74) is 1.51. The molecule has 0 atom stereocenters. The standard InChI is InChI=1S/C22H28FN5O2.HI/c1-2-24-22(25-15-21(30)26-17-6-8-20(29)9-7-17)27-18-10-12-28(13-11-18)19-5-3-4-16(23)14-19;/h3-9,14,18,29H,2,10-13,15H2,1H3,(H,26,30)(H2,24,25,27);1H. The normalized spacial score (nSPS) is 14.5. The van der Waals surface area contributed by atoms with E-state index in [0.29, 0.717) is 18.2 Å². The lowest BCUT2D eigenvalue weighted by Crippen LogP contribution is -2.49. The number of nitrogens with zero attached hydrogens (tertiary/aromatic N) is 2. The van der Waals surface area contributed by atoms with Gasteiger partial charge in [0, 0.05) is 37.1 Å². The summed E-state index contributed by atoms with van der Waals surface area (Å²) in [6.45, 7) is 4.29. The van der Waals surface area contributed by atoms with Crippen molar-refractivity contribution in [1.29, 1.82) is 0 Å². The van der Waals surface area contributed by atoms with Gasteiger partial charge in [-0.1, -0.05) is 6.07 Å². The summed E-state index contributed by atoms with van der Waals surface area (Å²) in [5.74, 6) is 0.286. The Hall–Kier alpha value is -2.56. The van der Waals surface area contributed by atoms with Gasteiger partial charge in [-0.25, -0.2) is 9.38 Å². The molecule has 3 rings (SSSR count). The van der Waals surface area contributed by atoms with Gasteiger partial charge in [0.1, 0.15) is 18.1 Å². The Labute approximate surface area is 199 Å². The van der Waals surface area contributed by atoms with E-state index in [1.54, 1.807) is 24.3 Å². The van der Waals surface area contributed by atoms with Crippen molar-refractivity contribution in [2.75, 3.05) is 36.4 Å². The van der Waals surface area contributed by atoms with Crippen LogP contribution in [0.1, 0.15) is 19.8 Å². The molecule has 0 aromatic heterocycles. The molecule has 2 aromatic carbocycles. The van der Waals surface area contributed by atoms with Crippen LogP contribution in [-0.4, -0.2) is 49.2 Å². The fourth-order valence-electron chi connectivity index (χ4n) is 3.36. The molecule has 0 aliphatic carbocycles. The molecule has 1 heterocycles. The highest BCUT2D eigenvalue weighted by Gasteiger charge is 2.20. The van der Waals surface area contributed by atoms with Crippen LogP contribution in [0.4, 0.5) is 15.8 Å². The number of carbonyl (C=O) groups excluding carboxylic acids is 1. The number of hydrogen-bond acceptors (Lipinski definition) is 4. The highest BCUT2D eigenvalue weighted by Crippen LogP contribution is 2.20. The first-order valence-electron chi connectivity index (χ1n) is 10.2. The van der Waals surface area contributed by atoms with E-state index >= 15 is 0 Å². The Morgan fingerprint density at radius 1 is 1.19 bits per heavy atom. The number of phenols is 1. The van der Waals surface area contributed by atoms with E-state index < -0.39 is 0 Å². The van der Waals surface area contributed by atoms with Crippen LogP contribution in [-0.2, 0) is 4.79 Å². The highest BCUT2D eigenvalue weighted by molar-refractivity contribution is 14.0. The maximum absolute atomic E-state index is 13.5. The Morgan fingerprint density at radius 3 is 2.55 bits per heavy atom. The predicted molar refractivity (Wildman–Crippen MR) is 133 cm³/mol. The molecule has 4 N–H and O–H groups in total. The molecule has 9 heteroatoms. The summed E-state index contributed by atoms with van der Waals surface area (Å²) in [6, 6.07) is 13.2. The number of guanidine groups is 1. The third-order valence-electron chi connectivity index (χ3n) is 4.89. The Kier molecular flexibility index (Phi) is 9.83. The molecular weight excluding hydrogens is 512 g/mol. The lowest BCUT2D eigenvalue weighted by Gasteiger charge is -2.34. The summed E-state index contributed by atoms with van der Waals surface area (Å²) in [4.78, 5) is 18.7. The molecule has 7 nitrogen and oxygen atoms in total. The summed E-state index contributed by atoms with van der Waals surface area (Å²) in [5, 5.41) is 18.6. The van der Waals surface area contributed by atoms with Crippen LogP contribution in [0.3, 0.4) is 0 Å². The average Bonchev–Trinajstić information content (AvgIpc) is 2.74. The third-order valence-corrected chi connectivity index (χ3v) is 4.89. The van der Waals surface area contributed by atoms with Gasteiger partial charge in [-0.15, -0.1) is 24.0 Å². The van der Waals surface area contributed by atoms with Gasteiger partial charge in [-0.3, -0.25) is 4.79 Å². The van der Waals surface area contributed by atoms with Gasteiger partial charge < -0.3 is 26.0 Å². The SMILES string of the molecule is CCNC(=NCC(=O)Nc1ccc(O)cc1)NC1CCN(c2cccc(F)c2)CC1.I. The lowest BCUT2D eigenvalue weighted by molar-refractivity contribution is -0.114. The van der Waals surface area contributed by atoms with E-state index in [1.807, 2.05) is 13.0 Å². The fourth-order valence-corrected chi connectivity index (χ4v) is 3.36. The number of aromatic hydroxyl groups is 1. The number of benzene rings is 2. The molecule has 1 amide bonds. The number of hydrogen-bond donors (Lipinski definition) is 4. The van der Waals surface area contributed by atoms with Crippen molar-refractivity contribution < 1.29 is 14.3 Å². The lowest BCUT2D eigenvalue weighted by atomic mass is 10.0. The van der Waals surface area contributed by atoms with Crippen molar-refractivity contribution in [3.05, 3.63) is 54.3 Å². The summed E-state index contributed by atoms with van der Waals surface area (Å²) < 4.78 is 13.5. The first-order chi connectivity index (χ1) is 14.5. The van der Waals surface area contributed by atoms with Gasteiger partial charge in [-0.05, 0) is 62.2 Å². The number of aliphatic imine (C=N–C) groups is 1. The number of halogens is 2. The maximum atomic E-state index is 13.5. The van der Waals surface area contributed by atoms with Crippen molar-refractivity contribution in [3.8, 4) is 5.75 Å². The third kappa shape index (κ3) is 7.89. The largest absolute Gasteiger partial charge is 0.508 e. The highest BCUT2D eigenvalue weighted by atomic mass is 127. The van der Waals surface area contributed by atoms with Crippen LogP contribution in [0.2, 0.25) is 0 Å². The molecule has 0 bridgehead atoms. The van der Waals surface area contributed by atoms with E-state index in [2.05, 4.69) is 25.8 Å². The van der Waals surface area contributed by atoms with E-state index in [4.69, 9.17) is 0 Å². The number of nitrogens with one attached hydrogen (secondary N) is 3. The van der Waals surface area contributed by atoms with Crippen LogP contribution >= 0.6 is 24.0 Å². The van der Waals surface area contributed by atoms with Crippen molar-refractivity contribution in [1.82, 2.24) is 10.6 Å². The van der Waals surface area contributed by atoms with Crippen molar-refractivity contribution in [2.45, 2.75) is 25.8 Å². The number of carbonyl (C=O) groups is 1. The first-order valence-corrected chi connectivity index (χ1v) is 10.2. The summed E-state index contributed by atoms with van der Waals surface area (Å²) in [6.07, 6.45) is 1.78. The molecular formula is C22H29FIN5O2. The van der Waals surface area contributed by atoms with Gasteiger partial charge in [0.15, 0.2) is 5.96 Å². The molecule has 168 valence electrons. The number of piperidine rings is 1. The maximum Gasteiger partial charge on any atom is 0.246 e. The summed E-state index contributed by atoms with van der Waals surface area (Å²) >= 11 is 0. The molecule has 2 aromatic rings. The topological polar surface area (TPSA) is 89.0 Å². The Bertz CT molecular complexity index is 870. The van der Waals surface area contributed by atoms with E-state index in [9.17, 15) is 14.3 Å². The van der Waals surface area contributed by atoms with Crippen LogP contribution in [0.5, 0.6) is 5.75 Å². The van der Waals surface area contributed by atoms with Crippen LogP contribution in [0, 0.1) is 5.82 Å². The number of rotatable bonds is 6. The fraction of sp³-hybridized carbons (Fsp3) is 0.364. The molecule has 1 aliphatic rings. The van der Waals surface area contributed by atoms with E-state index in [-0.39, 0.29) is 54.0 Å². The zero-order chi connectivity index (χ0) is 21.3. The monoisotopic (exact) mass is 541 g/mol. The molecule has 31 heavy (non-hydrogen) atoms. The van der Waals surface area contributed by atoms with Crippen molar-refractivity contribution in [2.24, 2.45) is 4.99 Å². The van der Waals surface area contributed by atoms with Gasteiger partial charge in [-0.2, -0.15) is 0 Å². The summed E-state index contributed by atoms with van der Waals surface area (Å²) in [7, 11) is 0. The Balaban J connectivity index is 0.00000341. The molecule has 1 aliphatic heterocycles. The zero-order valence-electron chi connectivity index (χ0n) is 17.5. The van der Waals surface area contributed by atoms with E-state index in [0.717, 1.165) is 31.6 Å². The second-order valence-corrected chi connectivity index (χ2v) is 7.18. The molecule has 0 unspecified atom stereocenters. The second-order valence-electron chi connectivity index (χ2n) is 7.18. The smallest absolute Gasteiger partial charge is 0.246 e. The second kappa shape index (κ2) is 12.3. The number of amides is 1. The van der Waals surface area contributed by atoms with E-state index in [1.165, 1.54) is 18.2 Å². The minimum Gasteiger partial charge on any atom is -0.508 e. The average molecular weight is 541 g/mol. The minimum absolute atomic E-state index is 0. The Morgan fingerprint density at radius 2 is 1.90 bits per heavy atom. The van der Waals surface area contributed by atoms with Crippen LogP contribution < -0.4 is 20.9 Å². The predicted octanol–water partition coefficient (Wildman–Crippen LogP) is 3.31. The van der Waals surface area contributed by atoms with Crippen LogP contribution in [0.15, 0.2) is 53.5 Å². The van der Waals surface area contributed by atoms with Gasteiger partial charge in [0.05, 0.1) is 0 Å². The van der Waals surface area contributed by atoms with Crippen molar-refractivity contribution in [3.63, 3.8) is 0 Å². The quantitative estimate of drug-likeness (QED) is 0.195. The van der Waals surface area contributed by atoms with Gasteiger partial charge in [0.2, 0.25) is 5.91 Å². The molecule has 1 saturated heterocycles. The molecule has 0 spiro atoms. The molecule has 0 radical (unpaired) electrons.